The topological polar surface area (TPSA) is 70.1 Å². The lowest BCUT2D eigenvalue weighted by molar-refractivity contribution is 0.403. The summed E-state index contributed by atoms with van der Waals surface area (Å²) in [6.45, 7) is 0. The normalized spacial score (nSPS) is 12.2. The Morgan fingerprint density at radius 2 is 1.96 bits per heavy atom. The molecule has 0 atom stereocenters. The molecular weight excluding hydrogens is 390 g/mol. The first-order valence-electron chi connectivity index (χ1n) is 7.04. The Bertz CT molecular complexity index is 976. The Labute approximate surface area is 151 Å². The molecule has 3 aromatic rings. The summed E-state index contributed by atoms with van der Waals surface area (Å²) in [4.78, 5) is 4.96. The smallest absolute Gasteiger partial charge is 0.205 e. The Hall–Kier alpha value is -2.38. The Balaban J connectivity index is 2.09. The zero-order valence-corrected chi connectivity index (χ0v) is 15.1. The van der Waals surface area contributed by atoms with Crippen molar-refractivity contribution >= 4 is 33.5 Å². The molecule has 0 saturated carbocycles. The quantitative estimate of drug-likeness (QED) is 0.515. The molecule has 5 nitrogen and oxygen atoms in total. The summed E-state index contributed by atoms with van der Waals surface area (Å²) in [5.74, 6) is -0.377. The van der Waals surface area contributed by atoms with Crippen LogP contribution < -0.4 is 4.80 Å². The molecule has 1 heterocycles. The number of thiazole rings is 1. The summed E-state index contributed by atoms with van der Waals surface area (Å²) in [6.07, 6.45) is 1.50. The fourth-order valence-corrected chi connectivity index (χ4v) is 3.38. The van der Waals surface area contributed by atoms with Crippen LogP contribution in [-0.2, 0) is 0 Å². The van der Waals surface area contributed by atoms with Crippen LogP contribution in [0.4, 0.5) is 0 Å². The predicted molar refractivity (Wildman–Crippen MR) is 99.7 cm³/mol. The van der Waals surface area contributed by atoms with Crippen LogP contribution in [-0.4, -0.2) is 28.2 Å². The molecule has 0 saturated heterocycles. The number of para-hydroxylation sites is 1. The Morgan fingerprint density at radius 1 is 1.17 bits per heavy atom. The highest BCUT2D eigenvalue weighted by Crippen LogP contribution is 2.27. The fraction of sp³-hybridized carbons (Fsp3) is 0.0588. The third-order valence-electron chi connectivity index (χ3n) is 3.36. The number of phenolic OH excluding ortho intramolecular Hbond substituents is 2. The summed E-state index contributed by atoms with van der Waals surface area (Å²) in [5.41, 5.74) is 2.31. The lowest BCUT2D eigenvalue weighted by Crippen LogP contribution is -2.11. The zero-order chi connectivity index (χ0) is 17.1. The van der Waals surface area contributed by atoms with E-state index in [1.807, 2.05) is 29.6 Å². The molecule has 0 radical (unpaired) electrons. The van der Waals surface area contributed by atoms with Crippen molar-refractivity contribution in [2.24, 2.45) is 10.1 Å². The second-order valence-electron chi connectivity index (χ2n) is 4.91. The minimum Gasteiger partial charge on any atom is -0.504 e. The van der Waals surface area contributed by atoms with Gasteiger partial charge in [0.15, 0.2) is 11.5 Å². The van der Waals surface area contributed by atoms with Gasteiger partial charge in [-0.2, -0.15) is 5.10 Å². The van der Waals surface area contributed by atoms with E-state index in [1.54, 1.807) is 23.9 Å². The van der Waals surface area contributed by atoms with Crippen molar-refractivity contribution in [2.45, 2.75) is 0 Å². The van der Waals surface area contributed by atoms with Gasteiger partial charge in [0.2, 0.25) is 4.80 Å². The van der Waals surface area contributed by atoms with Gasteiger partial charge in [-0.1, -0.05) is 34.1 Å². The van der Waals surface area contributed by atoms with Crippen LogP contribution in [0.3, 0.4) is 0 Å². The van der Waals surface area contributed by atoms with Crippen LogP contribution in [0.15, 0.2) is 62.4 Å². The third-order valence-corrected chi connectivity index (χ3v) is 4.76. The van der Waals surface area contributed by atoms with Crippen molar-refractivity contribution in [2.75, 3.05) is 7.05 Å². The molecule has 0 bridgehead atoms. The molecule has 122 valence electrons. The molecule has 2 aromatic carbocycles. The van der Waals surface area contributed by atoms with E-state index < -0.39 is 0 Å². The second-order valence-corrected chi connectivity index (χ2v) is 6.66. The second kappa shape index (κ2) is 7.02. The highest BCUT2D eigenvalue weighted by molar-refractivity contribution is 9.10. The highest BCUT2D eigenvalue weighted by Gasteiger charge is 2.08. The van der Waals surface area contributed by atoms with Crippen molar-refractivity contribution < 1.29 is 10.2 Å². The average molecular weight is 404 g/mol. The Kier molecular flexibility index (Phi) is 4.82. The lowest BCUT2D eigenvalue weighted by Gasteiger charge is -2.05. The maximum absolute atomic E-state index is 9.90. The number of rotatable bonds is 3. The predicted octanol–water partition coefficient (Wildman–Crippen LogP) is 3.80. The number of halogens is 1. The van der Waals surface area contributed by atoms with Crippen LogP contribution >= 0.6 is 27.3 Å². The number of aromatic hydroxyl groups is 2. The molecule has 0 aliphatic carbocycles. The molecule has 0 aliphatic heterocycles. The maximum Gasteiger partial charge on any atom is 0.205 e. The number of nitrogens with zero attached hydrogens (tertiary/aromatic N) is 3. The van der Waals surface area contributed by atoms with Gasteiger partial charge in [0.05, 0.1) is 11.9 Å². The summed E-state index contributed by atoms with van der Waals surface area (Å²) in [6, 6.07) is 12.6. The first-order valence-corrected chi connectivity index (χ1v) is 8.72. The summed E-state index contributed by atoms with van der Waals surface area (Å²) >= 11 is 4.95. The summed E-state index contributed by atoms with van der Waals surface area (Å²) < 4.78 is 2.68. The number of phenols is 2. The van der Waals surface area contributed by atoms with E-state index in [0.717, 1.165) is 20.5 Å². The minimum atomic E-state index is -0.198. The first-order chi connectivity index (χ1) is 11.6. The molecule has 0 fully saturated rings. The number of aromatic nitrogens is 1. The molecule has 3 rings (SSSR count). The van der Waals surface area contributed by atoms with Gasteiger partial charge in [-0.3, -0.25) is 4.99 Å². The molecule has 0 aliphatic rings. The number of benzene rings is 2. The van der Waals surface area contributed by atoms with Crippen molar-refractivity contribution in [3.8, 4) is 22.8 Å². The maximum atomic E-state index is 9.90. The zero-order valence-electron chi connectivity index (χ0n) is 12.7. The van der Waals surface area contributed by atoms with Gasteiger partial charge in [-0.15, -0.1) is 11.3 Å². The van der Waals surface area contributed by atoms with Crippen LogP contribution in [0.1, 0.15) is 5.56 Å². The molecule has 1 aromatic heterocycles. The molecule has 0 spiro atoms. The molecule has 7 heteroatoms. The van der Waals surface area contributed by atoms with E-state index in [0.29, 0.717) is 5.56 Å². The van der Waals surface area contributed by atoms with Crippen molar-refractivity contribution in [3.63, 3.8) is 0 Å². The van der Waals surface area contributed by atoms with Crippen molar-refractivity contribution in [1.82, 2.24) is 4.68 Å². The third kappa shape index (κ3) is 3.27. The number of hydrogen-bond acceptors (Lipinski definition) is 5. The molecule has 0 amide bonds. The molecule has 2 N–H and O–H groups in total. The van der Waals surface area contributed by atoms with Gasteiger partial charge in [0.25, 0.3) is 0 Å². The van der Waals surface area contributed by atoms with E-state index in [9.17, 15) is 10.2 Å². The first kappa shape index (κ1) is 16.5. The SMILES string of the molecule is CN=c1scc(-c2cccc(Br)c2)n1/N=C/c1cccc(O)c1O. The van der Waals surface area contributed by atoms with E-state index in [-0.39, 0.29) is 11.5 Å². The lowest BCUT2D eigenvalue weighted by atomic mass is 10.2. The van der Waals surface area contributed by atoms with Crippen molar-refractivity contribution in [1.29, 1.82) is 0 Å². The van der Waals surface area contributed by atoms with E-state index in [2.05, 4.69) is 26.0 Å². The van der Waals surface area contributed by atoms with Gasteiger partial charge in [0, 0.05) is 28.0 Å². The summed E-state index contributed by atoms with van der Waals surface area (Å²) in [7, 11) is 1.70. The van der Waals surface area contributed by atoms with E-state index >= 15 is 0 Å². The molecule has 24 heavy (non-hydrogen) atoms. The van der Waals surface area contributed by atoms with Crippen LogP contribution in [0.25, 0.3) is 11.3 Å². The molecular formula is C17H14BrN3O2S. The van der Waals surface area contributed by atoms with Crippen LogP contribution in [0.5, 0.6) is 11.5 Å². The van der Waals surface area contributed by atoms with Gasteiger partial charge >= 0.3 is 0 Å². The van der Waals surface area contributed by atoms with Crippen LogP contribution in [0, 0.1) is 0 Å². The largest absolute Gasteiger partial charge is 0.504 e. The number of hydrogen-bond donors (Lipinski definition) is 2. The van der Waals surface area contributed by atoms with Gasteiger partial charge in [-0.05, 0) is 24.3 Å². The van der Waals surface area contributed by atoms with E-state index in [4.69, 9.17) is 0 Å². The van der Waals surface area contributed by atoms with Crippen molar-refractivity contribution in [3.05, 3.63) is 62.7 Å². The monoisotopic (exact) mass is 403 g/mol. The van der Waals surface area contributed by atoms with Crippen LogP contribution in [0.2, 0.25) is 0 Å². The summed E-state index contributed by atoms with van der Waals surface area (Å²) in [5, 5.41) is 25.9. The van der Waals surface area contributed by atoms with Gasteiger partial charge in [-0.25, -0.2) is 4.68 Å². The highest BCUT2D eigenvalue weighted by atomic mass is 79.9. The minimum absolute atomic E-state index is 0.179. The molecule has 0 unspecified atom stereocenters. The fourth-order valence-electron chi connectivity index (χ4n) is 2.18. The Morgan fingerprint density at radius 3 is 2.71 bits per heavy atom. The average Bonchev–Trinajstić information content (AvgIpc) is 2.99. The van der Waals surface area contributed by atoms with E-state index in [1.165, 1.54) is 23.6 Å². The standard InChI is InChI=1S/C17H14BrN3O2S/c1-19-17-21(20-9-12-5-3-7-15(22)16(12)23)14(10-24-17)11-4-2-6-13(18)8-11/h2-10,22-23H,1H3/b19-17?,20-9+. The van der Waals surface area contributed by atoms with Gasteiger partial charge in [0.1, 0.15) is 0 Å². The van der Waals surface area contributed by atoms with Gasteiger partial charge < -0.3 is 10.2 Å².